The molecule has 0 spiro atoms. The Hall–Kier alpha value is -4.20. The summed E-state index contributed by atoms with van der Waals surface area (Å²) in [6.45, 7) is 1.23. The zero-order chi connectivity index (χ0) is 22.7. The normalized spacial score (nSPS) is 10.9. The Bertz CT molecular complexity index is 1430. The molecule has 0 fully saturated rings. The van der Waals surface area contributed by atoms with Gasteiger partial charge >= 0.3 is 5.97 Å². The van der Waals surface area contributed by atoms with Crippen LogP contribution in [0.3, 0.4) is 0 Å². The van der Waals surface area contributed by atoms with Gasteiger partial charge in [-0.1, -0.05) is 48.5 Å². The fraction of sp³-hybridized carbons (Fsp3) is 0.167. The van der Waals surface area contributed by atoms with Crippen molar-refractivity contribution in [2.45, 2.75) is 13.5 Å². The van der Waals surface area contributed by atoms with Gasteiger partial charge in [-0.15, -0.1) is 0 Å². The maximum absolute atomic E-state index is 12.8. The largest absolute Gasteiger partial charge is 0.454 e. The molecular weight excluding hydrogens is 410 g/mol. The number of likely N-dealkylation sites (N-methyl/N-ethyl adjacent to an activating group) is 1. The molecule has 0 bridgehead atoms. The van der Waals surface area contributed by atoms with Gasteiger partial charge in [0.2, 0.25) is 0 Å². The highest BCUT2D eigenvalue weighted by atomic mass is 16.5. The van der Waals surface area contributed by atoms with E-state index in [2.05, 4.69) is 5.10 Å². The molecule has 0 radical (unpaired) electrons. The Balaban J connectivity index is 1.48. The Kier molecular flexibility index (Phi) is 5.85. The van der Waals surface area contributed by atoms with Crippen LogP contribution in [-0.2, 0) is 20.9 Å². The summed E-state index contributed by atoms with van der Waals surface area (Å²) in [7, 11) is 0. The third-order valence-electron chi connectivity index (χ3n) is 5.20. The van der Waals surface area contributed by atoms with E-state index in [1.165, 1.54) is 12.1 Å². The second kappa shape index (κ2) is 8.89. The van der Waals surface area contributed by atoms with Gasteiger partial charge in [0, 0.05) is 11.9 Å². The lowest BCUT2D eigenvalue weighted by Crippen LogP contribution is -2.36. The van der Waals surface area contributed by atoms with Crippen LogP contribution >= 0.6 is 0 Å². The van der Waals surface area contributed by atoms with E-state index in [1.807, 2.05) is 49.4 Å². The Morgan fingerprint density at radius 1 is 0.906 bits per heavy atom. The summed E-state index contributed by atoms with van der Waals surface area (Å²) in [5.41, 5.74) is -0.284. The van der Waals surface area contributed by atoms with Gasteiger partial charge < -0.3 is 9.64 Å². The number of ether oxygens (including phenoxy) is 1. The van der Waals surface area contributed by atoms with Crippen molar-refractivity contribution in [3.63, 3.8) is 0 Å². The first-order valence-electron chi connectivity index (χ1n) is 10.1. The molecule has 0 aliphatic heterocycles. The number of nitrogens with zero attached hydrogens (tertiary/aromatic N) is 2. The highest BCUT2D eigenvalue weighted by Crippen LogP contribution is 2.26. The number of fused-ring (bicyclic) bond motifs is 2. The van der Waals surface area contributed by atoms with Crippen molar-refractivity contribution in [2.24, 2.45) is 0 Å². The molecule has 32 heavy (non-hydrogen) atoms. The van der Waals surface area contributed by atoms with E-state index in [0.29, 0.717) is 6.54 Å². The predicted molar refractivity (Wildman–Crippen MR) is 122 cm³/mol. The molecule has 1 N–H and O–H groups in total. The van der Waals surface area contributed by atoms with Crippen LogP contribution < -0.4 is 16.0 Å². The number of hydrogen-bond acceptors (Lipinski definition) is 5. The fourth-order valence-electron chi connectivity index (χ4n) is 3.68. The minimum atomic E-state index is -0.805. The SMILES string of the molecule is CCN(C(=O)COC(=O)Cn1[nH]c(=O)c2ccccc2c1=O)c1cccc2ccccc12. The molecule has 0 saturated heterocycles. The van der Waals surface area contributed by atoms with Gasteiger partial charge in [0.05, 0.1) is 16.5 Å². The van der Waals surface area contributed by atoms with Crippen LogP contribution in [0.2, 0.25) is 0 Å². The van der Waals surface area contributed by atoms with Crippen molar-refractivity contribution in [3.05, 3.63) is 87.4 Å². The van der Waals surface area contributed by atoms with E-state index >= 15 is 0 Å². The average Bonchev–Trinajstić information content (AvgIpc) is 2.82. The third-order valence-corrected chi connectivity index (χ3v) is 5.20. The van der Waals surface area contributed by atoms with Crippen molar-refractivity contribution in [1.82, 2.24) is 9.78 Å². The summed E-state index contributed by atoms with van der Waals surface area (Å²) >= 11 is 0. The summed E-state index contributed by atoms with van der Waals surface area (Å²) in [6, 6.07) is 19.7. The maximum atomic E-state index is 12.8. The Labute approximate surface area is 182 Å². The Morgan fingerprint density at radius 2 is 1.56 bits per heavy atom. The molecule has 0 unspecified atom stereocenters. The molecule has 1 aromatic heterocycles. The van der Waals surface area contributed by atoms with Crippen LogP contribution in [-0.4, -0.2) is 34.8 Å². The molecule has 0 saturated carbocycles. The molecule has 4 aromatic rings. The standard InChI is InChI=1S/C24H21N3O5/c1-2-26(20-13-7-9-16-8-3-4-10-17(16)20)21(28)15-32-22(29)14-27-24(31)19-12-6-5-11-18(19)23(30)25-27/h3-13H,2,14-15H2,1H3,(H,25,30). The smallest absolute Gasteiger partial charge is 0.328 e. The molecule has 0 aliphatic rings. The number of anilines is 1. The molecule has 0 aliphatic carbocycles. The van der Waals surface area contributed by atoms with E-state index in [1.54, 1.807) is 17.0 Å². The van der Waals surface area contributed by atoms with Crippen LogP contribution in [0.4, 0.5) is 5.69 Å². The fourth-order valence-corrected chi connectivity index (χ4v) is 3.68. The van der Waals surface area contributed by atoms with Gasteiger partial charge in [-0.05, 0) is 30.5 Å². The van der Waals surface area contributed by atoms with Crippen LogP contribution in [0.25, 0.3) is 21.5 Å². The number of amides is 1. The molecular formula is C24H21N3O5. The van der Waals surface area contributed by atoms with Crippen molar-refractivity contribution < 1.29 is 14.3 Å². The summed E-state index contributed by atoms with van der Waals surface area (Å²) in [5, 5.41) is 4.72. The summed E-state index contributed by atoms with van der Waals surface area (Å²) in [5.74, 6) is -1.20. The van der Waals surface area contributed by atoms with Crippen LogP contribution in [0.1, 0.15) is 6.92 Å². The van der Waals surface area contributed by atoms with Crippen molar-refractivity contribution in [2.75, 3.05) is 18.1 Å². The van der Waals surface area contributed by atoms with Crippen molar-refractivity contribution in [1.29, 1.82) is 0 Å². The van der Waals surface area contributed by atoms with Gasteiger partial charge in [-0.25, -0.2) is 4.68 Å². The van der Waals surface area contributed by atoms with E-state index in [0.717, 1.165) is 21.1 Å². The number of benzene rings is 3. The van der Waals surface area contributed by atoms with E-state index < -0.39 is 36.1 Å². The lowest BCUT2D eigenvalue weighted by atomic mass is 10.1. The highest BCUT2D eigenvalue weighted by molar-refractivity contribution is 6.04. The number of carbonyl (C=O) groups excluding carboxylic acids is 2. The zero-order valence-electron chi connectivity index (χ0n) is 17.4. The number of hydrogen-bond donors (Lipinski definition) is 1. The van der Waals surface area contributed by atoms with E-state index in [9.17, 15) is 19.2 Å². The first-order chi connectivity index (χ1) is 15.5. The number of nitrogens with one attached hydrogen (secondary N) is 1. The second-order valence-electron chi connectivity index (χ2n) is 7.17. The first-order valence-corrected chi connectivity index (χ1v) is 10.1. The molecule has 3 aromatic carbocycles. The number of H-pyrrole nitrogens is 1. The van der Waals surface area contributed by atoms with Crippen molar-refractivity contribution in [3.8, 4) is 0 Å². The summed E-state index contributed by atoms with van der Waals surface area (Å²) < 4.78 is 6.01. The molecule has 8 nitrogen and oxygen atoms in total. The minimum Gasteiger partial charge on any atom is -0.454 e. The molecule has 0 atom stereocenters. The number of esters is 1. The maximum Gasteiger partial charge on any atom is 0.328 e. The van der Waals surface area contributed by atoms with Crippen molar-refractivity contribution >= 4 is 39.1 Å². The zero-order valence-corrected chi connectivity index (χ0v) is 17.4. The summed E-state index contributed by atoms with van der Waals surface area (Å²) in [6.07, 6.45) is 0. The second-order valence-corrected chi connectivity index (χ2v) is 7.17. The minimum absolute atomic E-state index is 0.202. The van der Waals surface area contributed by atoms with Crippen LogP contribution in [0, 0.1) is 0 Å². The van der Waals surface area contributed by atoms with Gasteiger partial charge in [0.1, 0.15) is 6.54 Å². The topological polar surface area (TPSA) is 101 Å². The highest BCUT2D eigenvalue weighted by Gasteiger charge is 2.19. The lowest BCUT2D eigenvalue weighted by Gasteiger charge is -2.22. The third kappa shape index (κ3) is 4.02. The van der Waals surface area contributed by atoms with Gasteiger partial charge in [-0.3, -0.25) is 24.3 Å². The van der Waals surface area contributed by atoms with E-state index in [-0.39, 0.29) is 10.8 Å². The predicted octanol–water partition coefficient (Wildman–Crippen LogP) is 2.44. The molecule has 1 heterocycles. The number of aromatic nitrogens is 2. The lowest BCUT2D eigenvalue weighted by molar-refractivity contribution is -0.148. The Morgan fingerprint density at radius 3 is 2.31 bits per heavy atom. The quantitative estimate of drug-likeness (QED) is 0.473. The van der Waals surface area contributed by atoms with Gasteiger partial charge in [-0.2, -0.15) is 0 Å². The molecule has 162 valence electrons. The first kappa shape index (κ1) is 21.0. The number of rotatable bonds is 6. The van der Waals surface area contributed by atoms with Gasteiger partial charge in [0.15, 0.2) is 6.61 Å². The number of carbonyl (C=O) groups is 2. The van der Waals surface area contributed by atoms with Crippen LogP contribution in [0.5, 0.6) is 0 Å². The van der Waals surface area contributed by atoms with Gasteiger partial charge in [0.25, 0.3) is 17.0 Å². The van der Waals surface area contributed by atoms with Crippen LogP contribution in [0.15, 0.2) is 76.3 Å². The molecule has 1 amide bonds. The summed E-state index contributed by atoms with van der Waals surface area (Å²) in [4.78, 5) is 51.3. The van der Waals surface area contributed by atoms with E-state index in [4.69, 9.17) is 4.74 Å². The monoisotopic (exact) mass is 431 g/mol. The average molecular weight is 431 g/mol. The molecule has 4 rings (SSSR count). The molecule has 8 heteroatoms. The number of aromatic amines is 1.